The molecule has 4 aromatic rings. The Hall–Kier alpha value is -4.67. The second-order valence-electron chi connectivity index (χ2n) is 11.3. The van der Waals surface area contributed by atoms with E-state index >= 15 is 0 Å². The number of likely N-dealkylation sites (tertiary alicyclic amines) is 1. The van der Waals surface area contributed by atoms with Gasteiger partial charge in [0.15, 0.2) is 0 Å². The Morgan fingerprint density at radius 1 is 0.905 bits per heavy atom. The Morgan fingerprint density at radius 3 is 2.43 bits per heavy atom. The molecule has 0 spiro atoms. The number of fused-ring (bicyclic) bond motifs is 2. The lowest BCUT2D eigenvalue weighted by Crippen LogP contribution is -2.54. The maximum atomic E-state index is 13.2. The van der Waals surface area contributed by atoms with Crippen molar-refractivity contribution >= 4 is 34.5 Å². The Bertz CT molecular complexity index is 1760. The first-order valence-corrected chi connectivity index (χ1v) is 14.1. The third-order valence-corrected chi connectivity index (χ3v) is 8.66. The summed E-state index contributed by atoms with van der Waals surface area (Å²) in [6, 6.07) is 20.1. The lowest BCUT2D eigenvalue weighted by molar-refractivity contribution is -0.136. The van der Waals surface area contributed by atoms with Gasteiger partial charge in [-0.15, -0.1) is 0 Å². The first-order chi connectivity index (χ1) is 20.3. The zero-order valence-electron chi connectivity index (χ0n) is 22.8. The molecule has 212 valence electrons. The number of rotatable bonds is 5. The molecule has 2 fully saturated rings. The van der Waals surface area contributed by atoms with Crippen LogP contribution in [0.15, 0.2) is 72.9 Å². The Labute approximate surface area is 241 Å². The molecule has 4 heterocycles. The molecule has 2 N–H and O–H groups in total. The molecule has 3 aliphatic rings. The third-order valence-electron chi connectivity index (χ3n) is 8.66. The number of benzene rings is 3. The summed E-state index contributed by atoms with van der Waals surface area (Å²) in [7, 11) is 0. The lowest BCUT2D eigenvalue weighted by atomic mass is 9.83. The van der Waals surface area contributed by atoms with Gasteiger partial charge in [-0.3, -0.25) is 34.3 Å². The number of hydrogen-bond donors (Lipinski definition) is 2. The molecule has 0 saturated carbocycles. The lowest BCUT2D eigenvalue weighted by Gasteiger charge is -2.38. The van der Waals surface area contributed by atoms with Gasteiger partial charge < -0.3 is 5.11 Å². The van der Waals surface area contributed by atoms with Crippen molar-refractivity contribution in [2.45, 2.75) is 43.9 Å². The number of hydrogen-bond acceptors (Lipinski definition) is 7. The predicted octanol–water partition coefficient (Wildman–Crippen LogP) is 2.91. The van der Waals surface area contributed by atoms with Crippen molar-refractivity contribution < 1.29 is 24.3 Å². The monoisotopic (exact) mass is 563 g/mol. The molecule has 0 radical (unpaired) electrons. The average molecular weight is 564 g/mol. The van der Waals surface area contributed by atoms with E-state index in [1.54, 1.807) is 18.2 Å². The molecule has 7 rings (SSSR count). The summed E-state index contributed by atoms with van der Waals surface area (Å²) < 4.78 is 1.88. The average Bonchev–Trinajstić information content (AvgIpc) is 3.53. The van der Waals surface area contributed by atoms with E-state index in [9.17, 15) is 24.3 Å². The van der Waals surface area contributed by atoms with Gasteiger partial charge in [-0.1, -0.05) is 36.4 Å². The summed E-state index contributed by atoms with van der Waals surface area (Å²) in [4.78, 5) is 53.4. The predicted molar refractivity (Wildman–Crippen MR) is 153 cm³/mol. The Kier molecular flexibility index (Phi) is 6.25. The van der Waals surface area contributed by atoms with Gasteiger partial charge in [-0.05, 0) is 60.7 Å². The number of amides is 4. The second-order valence-corrected chi connectivity index (χ2v) is 11.3. The van der Waals surface area contributed by atoms with Gasteiger partial charge in [0.1, 0.15) is 6.04 Å². The van der Waals surface area contributed by atoms with Gasteiger partial charge in [0, 0.05) is 37.6 Å². The van der Waals surface area contributed by atoms with Crippen LogP contribution < -0.4 is 5.32 Å². The van der Waals surface area contributed by atoms with E-state index in [1.165, 1.54) is 0 Å². The van der Waals surface area contributed by atoms with E-state index < -0.39 is 35.3 Å². The van der Waals surface area contributed by atoms with Crippen molar-refractivity contribution in [3.63, 3.8) is 0 Å². The molecule has 10 heteroatoms. The van der Waals surface area contributed by atoms with Gasteiger partial charge in [-0.2, -0.15) is 5.10 Å². The van der Waals surface area contributed by atoms with Crippen LogP contribution in [0.2, 0.25) is 0 Å². The van der Waals surface area contributed by atoms with Crippen LogP contribution in [0.25, 0.3) is 16.6 Å². The number of aromatic nitrogens is 2. The van der Waals surface area contributed by atoms with Crippen LogP contribution in [0.1, 0.15) is 57.5 Å². The topological polar surface area (TPSA) is 125 Å². The fraction of sp³-hybridized carbons (Fsp3) is 0.281. The summed E-state index contributed by atoms with van der Waals surface area (Å²) in [5.74, 6) is -2.18. The number of imide groups is 2. The minimum atomic E-state index is -1.14. The highest BCUT2D eigenvalue weighted by molar-refractivity contribution is 6.23. The molecule has 2 saturated heterocycles. The normalized spacial score (nSPS) is 20.7. The number of para-hydroxylation sites is 1. The minimum Gasteiger partial charge on any atom is -0.385 e. The van der Waals surface area contributed by atoms with Crippen molar-refractivity contribution in [3.05, 3.63) is 95.2 Å². The molecule has 3 aliphatic heterocycles. The largest absolute Gasteiger partial charge is 0.385 e. The van der Waals surface area contributed by atoms with E-state index in [0.29, 0.717) is 31.5 Å². The van der Waals surface area contributed by atoms with Crippen molar-refractivity contribution in [1.29, 1.82) is 0 Å². The minimum absolute atomic E-state index is 0.0656. The van der Waals surface area contributed by atoms with Crippen LogP contribution in [0.5, 0.6) is 0 Å². The van der Waals surface area contributed by atoms with Gasteiger partial charge in [0.05, 0.1) is 27.9 Å². The zero-order chi connectivity index (χ0) is 29.0. The fourth-order valence-electron chi connectivity index (χ4n) is 6.26. The highest BCUT2D eigenvalue weighted by Gasteiger charge is 2.45. The van der Waals surface area contributed by atoms with E-state index in [4.69, 9.17) is 5.10 Å². The number of carbonyl (C=O) groups excluding carboxylic acids is 4. The van der Waals surface area contributed by atoms with Crippen molar-refractivity contribution in [2.75, 3.05) is 13.1 Å². The number of piperidine rings is 2. The Morgan fingerprint density at radius 2 is 1.67 bits per heavy atom. The van der Waals surface area contributed by atoms with Gasteiger partial charge in [-0.25, -0.2) is 4.68 Å². The third kappa shape index (κ3) is 4.49. The Balaban J connectivity index is 1.03. The molecule has 10 nitrogen and oxygen atoms in total. The quantitative estimate of drug-likeness (QED) is 0.358. The first kappa shape index (κ1) is 26.2. The summed E-state index contributed by atoms with van der Waals surface area (Å²) in [5.41, 5.74) is 2.90. The molecule has 1 aromatic heterocycles. The summed E-state index contributed by atoms with van der Waals surface area (Å²) in [6.45, 7) is 2.03. The molecule has 0 aliphatic carbocycles. The van der Waals surface area contributed by atoms with E-state index in [0.717, 1.165) is 33.6 Å². The van der Waals surface area contributed by atoms with Crippen LogP contribution in [-0.2, 0) is 21.7 Å². The first-order valence-electron chi connectivity index (χ1n) is 14.1. The standard InChI is InChI=1S/C32H29N5O5/c38-28-11-10-27(29(39)33-28)37-30(40)24-9-8-22(17-25(24)31(37)41)32(42)12-14-35(15-13-32)18-20-6-7-21-19-36(34-26(21)16-20)23-4-2-1-3-5-23/h1-9,16-17,19,27,42H,10-15,18H2,(H,33,38,39). The fourth-order valence-corrected chi connectivity index (χ4v) is 6.26. The highest BCUT2D eigenvalue weighted by atomic mass is 16.3. The van der Waals surface area contributed by atoms with E-state index in [1.807, 2.05) is 41.2 Å². The number of carbonyl (C=O) groups is 4. The number of aliphatic hydroxyl groups is 1. The number of nitrogens with zero attached hydrogens (tertiary/aromatic N) is 4. The van der Waals surface area contributed by atoms with E-state index in [2.05, 4.69) is 28.4 Å². The molecule has 3 aromatic carbocycles. The zero-order valence-corrected chi connectivity index (χ0v) is 22.8. The SMILES string of the molecule is O=C1CCC(N2C(=O)c3ccc(C4(O)CCN(Cc5ccc6cn(-c7ccccc7)nc6c5)CC4)cc3C2=O)C(=O)N1. The van der Waals surface area contributed by atoms with Crippen molar-refractivity contribution in [2.24, 2.45) is 0 Å². The van der Waals surface area contributed by atoms with Gasteiger partial charge >= 0.3 is 0 Å². The van der Waals surface area contributed by atoms with Gasteiger partial charge in [0.2, 0.25) is 11.8 Å². The van der Waals surface area contributed by atoms with Crippen LogP contribution in [-0.4, -0.2) is 67.4 Å². The van der Waals surface area contributed by atoms with Crippen LogP contribution >= 0.6 is 0 Å². The van der Waals surface area contributed by atoms with E-state index in [-0.39, 0.29) is 24.0 Å². The van der Waals surface area contributed by atoms with Crippen LogP contribution in [0.3, 0.4) is 0 Å². The smallest absolute Gasteiger partial charge is 0.262 e. The molecular formula is C32H29N5O5. The summed E-state index contributed by atoms with van der Waals surface area (Å²) in [5, 5.41) is 19.6. The second kappa shape index (κ2) is 10.0. The van der Waals surface area contributed by atoms with Crippen LogP contribution in [0, 0.1) is 0 Å². The molecular weight excluding hydrogens is 534 g/mol. The highest BCUT2D eigenvalue weighted by Crippen LogP contribution is 2.37. The molecule has 0 bridgehead atoms. The number of nitrogens with one attached hydrogen (secondary N) is 1. The molecule has 42 heavy (non-hydrogen) atoms. The van der Waals surface area contributed by atoms with Gasteiger partial charge in [0.25, 0.3) is 11.8 Å². The van der Waals surface area contributed by atoms with Crippen LogP contribution in [0.4, 0.5) is 0 Å². The summed E-state index contributed by atoms with van der Waals surface area (Å²) in [6.07, 6.45) is 3.13. The maximum Gasteiger partial charge on any atom is 0.262 e. The van der Waals surface area contributed by atoms with Crippen molar-refractivity contribution in [1.82, 2.24) is 24.9 Å². The molecule has 1 unspecified atom stereocenters. The molecule has 1 atom stereocenters. The van der Waals surface area contributed by atoms with Crippen molar-refractivity contribution in [3.8, 4) is 5.69 Å². The maximum absolute atomic E-state index is 13.2. The molecule has 4 amide bonds. The summed E-state index contributed by atoms with van der Waals surface area (Å²) >= 11 is 0.